The fraction of sp³-hybridized carbons (Fsp3) is 0.387. The predicted molar refractivity (Wildman–Crippen MR) is 164 cm³/mol. The monoisotopic (exact) mass is 586 g/mol. The smallest absolute Gasteiger partial charge is 0.258 e. The number of carbonyl (C=O) groups is 2. The summed E-state index contributed by atoms with van der Waals surface area (Å²) in [6.45, 7) is 7.71. The fourth-order valence-corrected chi connectivity index (χ4v) is 5.17. The molecule has 4 heterocycles. The summed E-state index contributed by atoms with van der Waals surface area (Å²) in [5, 5.41) is 10.2. The first-order chi connectivity index (χ1) is 20.7. The van der Waals surface area contributed by atoms with Crippen molar-refractivity contribution in [2.75, 3.05) is 39.2 Å². The van der Waals surface area contributed by atoms with Gasteiger partial charge in [-0.2, -0.15) is 5.10 Å². The first kappa shape index (κ1) is 29.8. The third-order valence-electron chi connectivity index (χ3n) is 7.13. The van der Waals surface area contributed by atoms with E-state index in [-0.39, 0.29) is 18.4 Å². The summed E-state index contributed by atoms with van der Waals surface area (Å²) in [5.74, 6) is 1.19. The molecule has 2 N–H and O–H groups in total. The molecule has 3 aromatic heterocycles. The molecule has 5 rings (SSSR count). The van der Waals surface area contributed by atoms with Crippen LogP contribution in [0.3, 0.4) is 0 Å². The lowest BCUT2D eigenvalue weighted by atomic mass is 10.1. The average Bonchev–Trinajstić information content (AvgIpc) is 3.51. The zero-order chi connectivity index (χ0) is 30.5. The first-order valence-corrected chi connectivity index (χ1v) is 14.4. The number of aromatic nitrogens is 5. The number of aryl methyl sites for hydroxylation is 3. The van der Waals surface area contributed by atoms with Gasteiger partial charge in [0.15, 0.2) is 0 Å². The van der Waals surface area contributed by atoms with Crippen LogP contribution in [0.25, 0.3) is 22.3 Å². The summed E-state index contributed by atoms with van der Waals surface area (Å²) in [7, 11) is 5.82. The Morgan fingerprint density at radius 2 is 2.07 bits per heavy atom. The third-order valence-corrected chi connectivity index (χ3v) is 7.13. The van der Waals surface area contributed by atoms with E-state index in [9.17, 15) is 9.59 Å². The number of pyridine rings is 1. The average molecular weight is 587 g/mol. The number of hydrogen-bond donors (Lipinski definition) is 2. The van der Waals surface area contributed by atoms with Crippen LogP contribution in [0.15, 0.2) is 43.1 Å². The Kier molecular flexibility index (Phi) is 9.05. The van der Waals surface area contributed by atoms with Crippen LogP contribution in [0, 0.1) is 6.92 Å². The van der Waals surface area contributed by atoms with Crippen LogP contribution in [0.4, 0.5) is 5.95 Å². The molecule has 0 spiro atoms. The van der Waals surface area contributed by atoms with E-state index >= 15 is 0 Å². The molecule has 226 valence electrons. The van der Waals surface area contributed by atoms with Gasteiger partial charge in [-0.3, -0.25) is 19.9 Å². The van der Waals surface area contributed by atoms with Gasteiger partial charge in [0.2, 0.25) is 17.7 Å². The lowest BCUT2D eigenvalue weighted by molar-refractivity contribution is -0.116. The molecule has 12 nitrogen and oxygen atoms in total. The zero-order valence-electron chi connectivity index (χ0n) is 25.1. The molecule has 0 saturated heterocycles. The summed E-state index contributed by atoms with van der Waals surface area (Å²) in [6.07, 6.45) is 5.51. The quantitative estimate of drug-likeness (QED) is 0.248. The highest BCUT2D eigenvalue weighted by atomic mass is 16.5. The topological polar surface area (TPSA) is 128 Å². The van der Waals surface area contributed by atoms with E-state index in [4.69, 9.17) is 14.5 Å². The Balaban J connectivity index is 1.56. The van der Waals surface area contributed by atoms with Crippen LogP contribution in [0.1, 0.15) is 40.9 Å². The van der Waals surface area contributed by atoms with Crippen molar-refractivity contribution < 1.29 is 19.1 Å². The van der Waals surface area contributed by atoms with Crippen molar-refractivity contribution in [2.24, 2.45) is 7.05 Å². The van der Waals surface area contributed by atoms with Crippen molar-refractivity contribution >= 4 is 28.8 Å². The second kappa shape index (κ2) is 13.1. The zero-order valence-corrected chi connectivity index (χ0v) is 25.1. The Bertz CT molecular complexity index is 1660. The van der Waals surface area contributed by atoms with E-state index in [1.165, 1.54) is 6.08 Å². The minimum Gasteiger partial charge on any atom is -0.489 e. The second-order valence-electron chi connectivity index (χ2n) is 10.8. The van der Waals surface area contributed by atoms with Crippen LogP contribution in [0.5, 0.6) is 11.6 Å². The van der Waals surface area contributed by atoms with Gasteiger partial charge in [0.25, 0.3) is 5.91 Å². The number of rotatable bonds is 7. The standard InChI is InChI=1S/C31H38N8O4/c1-6-26(40)32-12-15-42-28-21(19-37(3)4)10-11-24-27(28)39-13-8-7-9-14-43-30-23(18-33-38(30)5)25-17-22(16-20(2)34-25)29(41)36-31(39)35-24/h6,10-11,16-18H,1,7-9,12-15,19H2,2-5H3,(H,32,40)(H,35,36,41). The maximum absolute atomic E-state index is 13.7. The molecule has 1 aromatic carbocycles. The van der Waals surface area contributed by atoms with Gasteiger partial charge < -0.3 is 24.3 Å². The van der Waals surface area contributed by atoms with Crippen LogP contribution in [-0.4, -0.2) is 74.9 Å². The van der Waals surface area contributed by atoms with Gasteiger partial charge >= 0.3 is 0 Å². The SMILES string of the molecule is C=CC(=O)NCCOc1c(CN(C)C)ccc2nc3n(c12)CCCCCOc1c(cnn1C)-c1cc(cc(C)n1)C(=O)N3. The molecular formula is C31H38N8O4. The number of nitrogens with one attached hydrogen (secondary N) is 2. The number of fused-ring (bicyclic) bond motifs is 7. The molecule has 2 amide bonds. The summed E-state index contributed by atoms with van der Waals surface area (Å²) < 4.78 is 16.2. The van der Waals surface area contributed by atoms with Crippen LogP contribution < -0.4 is 20.1 Å². The maximum atomic E-state index is 13.7. The Morgan fingerprint density at radius 3 is 2.86 bits per heavy atom. The Hall–Kier alpha value is -4.71. The van der Waals surface area contributed by atoms with Crippen LogP contribution in [-0.2, 0) is 24.9 Å². The number of imidazole rings is 1. The molecule has 0 saturated carbocycles. The first-order valence-electron chi connectivity index (χ1n) is 14.4. The number of anilines is 1. The molecule has 0 atom stereocenters. The van der Waals surface area contributed by atoms with Crippen molar-refractivity contribution in [3.05, 3.63) is 59.9 Å². The summed E-state index contributed by atoms with van der Waals surface area (Å²) >= 11 is 0. The van der Waals surface area contributed by atoms with Gasteiger partial charge in [0, 0.05) is 37.0 Å². The van der Waals surface area contributed by atoms with E-state index in [0.29, 0.717) is 66.3 Å². The summed E-state index contributed by atoms with van der Waals surface area (Å²) in [5.41, 5.74) is 4.99. The van der Waals surface area contributed by atoms with E-state index in [1.54, 1.807) is 23.0 Å². The van der Waals surface area contributed by atoms with Crippen molar-refractivity contribution in [3.63, 3.8) is 0 Å². The lowest BCUT2D eigenvalue weighted by Crippen LogP contribution is -2.26. The number of ether oxygens (including phenoxy) is 2. The highest BCUT2D eigenvalue weighted by molar-refractivity contribution is 6.05. The minimum absolute atomic E-state index is 0.257. The molecule has 0 aliphatic carbocycles. The van der Waals surface area contributed by atoms with E-state index in [2.05, 4.69) is 32.2 Å². The molecule has 4 aromatic rings. The van der Waals surface area contributed by atoms with E-state index in [0.717, 1.165) is 35.9 Å². The molecular weight excluding hydrogens is 548 g/mol. The Labute approximate surface area is 250 Å². The van der Waals surface area contributed by atoms with Crippen molar-refractivity contribution in [2.45, 2.75) is 39.3 Å². The molecule has 43 heavy (non-hydrogen) atoms. The molecule has 12 heteroatoms. The highest BCUT2D eigenvalue weighted by Gasteiger charge is 2.22. The van der Waals surface area contributed by atoms with Crippen molar-refractivity contribution in [3.8, 4) is 22.9 Å². The van der Waals surface area contributed by atoms with Gasteiger partial charge in [-0.05, 0) is 64.6 Å². The van der Waals surface area contributed by atoms with Gasteiger partial charge in [-0.15, -0.1) is 0 Å². The number of benzene rings is 1. The third kappa shape index (κ3) is 6.69. The summed E-state index contributed by atoms with van der Waals surface area (Å²) in [4.78, 5) is 36.9. The number of amides is 2. The summed E-state index contributed by atoms with van der Waals surface area (Å²) in [6, 6.07) is 7.45. The molecule has 1 aliphatic heterocycles. The van der Waals surface area contributed by atoms with Crippen molar-refractivity contribution in [1.82, 2.24) is 34.5 Å². The van der Waals surface area contributed by atoms with Gasteiger partial charge in [-0.1, -0.05) is 12.6 Å². The highest BCUT2D eigenvalue weighted by Crippen LogP contribution is 2.34. The molecule has 0 radical (unpaired) electrons. The molecule has 0 fully saturated rings. The van der Waals surface area contributed by atoms with E-state index < -0.39 is 0 Å². The van der Waals surface area contributed by atoms with E-state index in [1.807, 2.05) is 44.8 Å². The van der Waals surface area contributed by atoms with Crippen LogP contribution >= 0.6 is 0 Å². The normalized spacial score (nSPS) is 13.7. The Morgan fingerprint density at radius 1 is 1.23 bits per heavy atom. The van der Waals surface area contributed by atoms with Gasteiger partial charge in [0.1, 0.15) is 17.9 Å². The second-order valence-corrected chi connectivity index (χ2v) is 10.8. The maximum Gasteiger partial charge on any atom is 0.258 e. The minimum atomic E-state index is -0.298. The number of carbonyl (C=O) groups excluding carboxylic acids is 2. The molecule has 1 aliphatic rings. The molecule has 2 bridgehead atoms. The largest absolute Gasteiger partial charge is 0.489 e. The number of hydrogen-bond acceptors (Lipinski definition) is 8. The van der Waals surface area contributed by atoms with Gasteiger partial charge in [-0.25, -0.2) is 9.67 Å². The van der Waals surface area contributed by atoms with Gasteiger partial charge in [0.05, 0.1) is 36.1 Å². The van der Waals surface area contributed by atoms with Crippen LogP contribution in [0.2, 0.25) is 0 Å². The van der Waals surface area contributed by atoms with Crippen molar-refractivity contribution in [1.29, 1.82) is 0 Å². The fourth-order valence-electron chi connectivity index (χ4n) is 5.17. The lowest BCUT2D eigenvalue weighted by Gasteiger charge is -2.18. The number of nitrogens with zero attached hydrogens (tertiary/aromatic N) is 6. The predicted octanol–water partition coefficient (Wildman–Crippen LogP) is 3.70. The molecule has 0 unspecified atom stereocenters.